The van der Waals surface area contributed by atoms with Crippen LogP contribution in [0.4, 0.5) is 5.69 Å². The highest BCUT2D eigenvalue weighted by Gasteiger charge is 2.34. The number of aromatic nitrogens is 1. The van der Waals surface area contributed by atoms with Gasteiger partial charge in [-0.05, 0) is 30.9 Å². The average Bonchev–Trinajstić information content (AvgIpc) is 2.46. The number of rotatable bonds is 2. The number of aliphatic carboxylic acids is 1. The van der Waals surface area contributed by atoms with Crippen LogP contribution < -0.4 is 4.90 Å². The van der Waals surface area contributed by atoms with Gasteiger partial charge in [-0.3, -0.25) is 4.98 Å². The summed E-state index contributed by atoms with van der Waals surface area (Å²) in [7, 11) is 0. The van der Waals surface area contributed by atoms with Gasteiger partial charge in [-0.15, -0.1) is 0 Å². The van der Waals surface area contributed by atoms with Crippen LogP contribution in [0.1, 0.15) is 19.8 Å². The summed E-state index contributed by atoms with van der Waals surface area (Å²) in [5.41, 5.74) is 1.89. The summed E-state index contributed by atoms with van der Waals surface area (Å²) in [6.07, 6.45) is 3.76. The van der Waals surface area contributed by atoms with Gasteiger partial charge in [0.1, 0.15) is 6.04 Å². The first-order chi connectivity index (χ1) is 9.68. The molecule has 1 aromatic heterocycles. The number of fused-ring (bicyclic) bond motifs is 1. The Labute approximate surface area is 118 Å². The van der Waals surface area contributed by atoms with Crippen molar-refractivity contribution in [3.05, 3.63) is 36.5 Å². The van der Waals surface area contributed by atoms with E-state index < -0.39 is 12.0 Å². The zero-order chi connectivity index (χ0) is 14.1. The molecule has 4 nitrogen and oxygen atoms in total. The lowest BCUT2D eigenvalue weighted by Gasteiger charge is -2.39. The third kappa shape index (κ3) is 2.11. The van der Waals surface area contributed by atoms with Crippen molar-refractivity contribution in [2.75, 3.05) is 11.4 Å². The highest BCUT2D eigenvalue weighted by molar-refractivity contribution is 5.93. The SMILES string of the molecule is CC1CCCN(c2ccnc3ccccc23)C1C(=O)O. The highest BCUT2D eigenvalue weighted by Crippen LogP contribution is 2.33. The van der Waals surface area contributed by atoms with Crippen LogP contribution in [0.3, 0.4) is 0 Å². The minimum atomic E-state index is -0.738. The molecule has 0 bridgehead atoms. The molecule has 2 atom stereocenters. The fourth-order valence-electron chi connectivity index (χ4n) is 3.17. The molecule has 0 spiro atoms. The minimum Gasteiger partial charge on any atom is -0.480 e. The summed E-state index contributed by atoms with van der Waals surface area (Å²) >= 11 is 0. The van der Waals surface area contributed by atoms with Gasteiger partial charge >= 0.3 is 5.97 Å². The Morgan fingerprint density at radius 1 is 1.35 bits per heavy atom. The Balaban J connectivity index is 2.11. The normalized spacial score (nSPS) is 22.9. The molecule has 0 saturated carbocycles. The zero-order valence-corrected chi connectivity index (χ0v) is 11.5. The number of benzene rings is 1. The van der Waals surface area contributed by atoms with Crippen molar-refractivity contribution in [1.82, 2.24) is 4.98 Å². The van der Waals surface area contributed by atoms with E-state index in [2.05, 4.69) is 4.98 Å². The molecule has 3 rings (SSSR count). The summed E-state index contributed by atoms with van der Waals surface area (Å²) < 4.78 is 0. The maximum Gasteiger partial charge on any atom is 0.326 e. The first kappa shape index (κ1) is 12.9. The van der Waals surface area contributed by atoms with Crippen molar-refractivity contribution < 1.29 is 9.90 Å². The number of anilines is 1. The molecule has 1 saturated heterocycles. The lowest BCUT2D eigenvalue weighted by atomic mass is 9.90. The smallest absolute Gasteiger partial charge is 0.326 e. The average molecular weight is 270 g/mol. The lowest BCUT2D eigenvalue weighted by molar-refractivity contribution is -0.140. The first-order valence-corrected chi connectivity index (χ1v) is 7.01. The molecule has 4 heteroatoms. The van der Waals surface area contributed by atoms with Crippen molar-refractivity contribution in [1.29, 1.82) is 0 Å². The van der Waals surface area contributed by atoms with Crippen molar-refractivity contribution in [3.8, 4) is 0 Å². The number of hydrogen-bond donors (Lipinski definition) is 1. The van der Waals surface area contributed by atoms with Gasteiger partial charge in [0.2, 0.25) is 0 Å². The third-order valence-corrected chi connectivity index (χ3v) is 4.12. The first-order valence-electron chi connectivity index (χ1n) is 7.01. The molecule has 1 aromatic carbocycles. The fraction of sp³-hybridized carbons (Fsp3) is 0.375. The van der Waals surface area contributed by atoms with Gasteiger partial charge in [0.05, 0.1) is 5.52 Å². The molecule has 1 fully saturated rings. The van der Waals surface area contributed by atoms with E-state index in [4.69, 9.17) is 0 Å². The van der Waals surface area contributed by atoms with Crippen LogP contribution in [0.2, 0.25) is 0 Å². The predicted octanol–water partition coefficient (Wildman–Crippen LogP) is 2.92. The van der Waals surface area contributed by atoms with E-state index in [9.17, 15) is 9.90 Å². The predicted molar refractivity (Wildman–Crippen MR) is 78.9 cm³/mol. The van der Waals surface area contributed by atoms with E-state index in [0.717, 1.165) is 36.0 Å². The van der Waals surface area contributed by atoms with E-state index in [1.165, 1.54) is 0 Å². The number of hydrogen-bond acceptors (Lipinski definition) is 3. The molecule has 0 radical (unpaired) electrons. The molecule has 0 aliphatic carbocycles. The highest BCUT2D eigenvalue weighted by atomic mass is 16.4. The number of piperidine rings is 1. The van der Waals surface area contributed by atoms with Gasteiger partial charge < -0.3 is 10.0 Å². The third-order valence-electron chi connectivity index (χ3n) is 4.12. The summed E-state index contributed by atoms with van der Waals surface area (Å²) in [6.45, 7) is 2.81. The van der Waals surface area contributed by atoms with Crippen molar-refractivity contribution in [2.45, 2.75) is 25.8 Å². The van der Waals surface area contributed by atoms with Crippen LogP contribution in [0, 0.1) is 5.92 Å². The van der Waals surface area contributed by atoms with Gasteiger partial charge in [-0.25, -0.2) is 4.79 Å². The molecule has 1 N–H and O–H groups in total. The second kappa shape index (κ2) is 5.12. The number of carboxylic acid groups (broad SMARTS) is 1. The van der Waals surface area contributed by atoms with Crippen LogP contribution in [-0.2, 0) is 4.79 Å². The molecular weight excluding hydrogens is 252 g/mol. The molecule has 0 amide bonds. The molecular formula is C16H18N2O2. The van der Waals surface area contributed by atoms with Crippen LogP contribution in [0.15, 0.2) is 36.5 Å². The zero-order valence-electron chi connectivity index (χ0n) is 11.5. The second-order valence-electron chi connectivity index (χ2n) is 5.44. The van der Waals surface area contributed by atoms with Crippen LogP contribution in [0.25, 0.3) is 10.9 Å². The molecule has 1 aliphatic rings. The van der Waals surface area contributed by atoms with Crippen LogP contribution in [0.5, 0.6) is 0 Å². The maximum absolute atomic E-state index is 11.6. The summed E-state index contributed by atoms with van der Waals surface area (Å²) in [5.74, 6) is -0.578. The van der Waals surface area contributed by atoms with Crippen molar-refractivity contribution in [3.63, 3.8) is 0 Å². The number of para-hydroxylation sites is 1. The fourth-order valence-corrected chi connectivity index (χ4v) is 3.17. The Bertz CT molecular complexity index is 636. The molecule has 104 valence electrons. The number of carboxylic acids is 1. The molecule has 2 heterocycles. The number of pyridine rings is 1. The number of nitrogens with zero attached hydrogens (tertiary/aromatic N) is 2. The number of carbonyl (C=O) groups is 1. The minimum absolute atomic E-state index is 0.160. The summed E-state index contributed by atoms with van der Waals surface area (Å²) in [6, 6.07) is 9.37. The van der Waals surface area contributed by atoms with Crippen LogP contribution in [-0.4, -0.2) is 28.6 Å². The molecule has 20 heavy (non-hydrogen) atoms. The van der Waals surface area contributed by atoms with E-state index >= 15 is 0 Å². The lowest BCUT2D eigenvalue weighted by Crippen LogP contribution is -2.49. The van der Waals surface area contributed by atoms with E-state index in [1.807, 2.05) is 42.2 Å². The molecule has 1 aliphatic heterocycles. The topological polar surface area (TPSA) is 53.4 Å². The second-order valence-corrected chi connectivity index (χ2v) is 5.44. The summed E-state index contributed by atoms with van der Waals surface area (Å²) in [4.78, 5) is 18.0. The Hall–Kier alpha value is -2.10. The monoisotopic (exact) mass is 270 g/mol. The molecule has 2 aromatic rings. The van der Waals surface area contributed by atoms with Crippen molar-refractivity contribution >= 4 is 22.6 Å². The van der Waals surface area contributed by atoms with Crippen molar-refractivity contribution in [2.24, 2.45) is 5.92 Å². The quantitative estimate of drug-likeness (QED) is 0.911. The molecule has 2 unspecified atom stereocenters. The maximum atomic E-state index is 11.6. The van der Waals surface area contributed by atoms with E-state index in [1.54, 1.807) is 6.20 Å². The van der Waals surface area contributed by atoms with Gasteiger partial charge in [-0.2, -0.15) is 0 Å². The Morgan fingerprint density at radius 2 is 2.15 bits per heavy atom. The van der Waals surface area contributed by atoms with E-state index in [-0.39, 0.29) is 5.92 Å². The summed E-state index contributed by atoms with van der Waals surface area (Å²) in [5, 5.41) is 10.6. The van der Waals surface area contributed by atoms with Gasteiger partial charge in [0, 0.05) is 23.8 Å². The van der Waals surface area contributed by atoms with Gasteiger partial charge in [0.25, 0.3) is 0 Å². The largest absolute Gasteiger partial charge is 0.480 e. The van der Waals surface area contributed by atoms with Crippen LogP contribution >= 0.6 is 0 Å². The Morgan fingerprint density at radius 3 is 2.95 bits per heavy atom. The van der Waals surface area contributed by atoms with Gasteiger partial charge in [-0.1, -0.05) is 25.1 Å². The standard InChI is InChI=1S/C16H18N2O2/c1-11-5-4-10-18(15(11)16(19)20)14-8-9-17-13-7-3-2-6-12(13)14/h2-3,6-9,11,15H,4-5,10H2,1H3,(H,19,20). The van der Waals surface area contributed by atoms with E-state index in [0.29, 0.717) is 0 Å². The van der Waals surface area contributed by atoms with Gasteiger partial charge in [0.15, 0.2) is 0 Å². The Kier molecular flexibility index (Phi) is 3.30.